The Bertz CT molecular complexity index is 545. The molecular formula is C19H28N2O3. The molecule has 0 saturated carbocycles. The Balaban J connectivity index is 2.13. The number of likely N-dealkylation sites (tertiary alicyclic amines) is 1. The van der Waals surface area contributed by atoms with Gasteiger partial charge in [0, 0.05) is 13.0 Å². The van der Waals surface area contributed by atoms with Gasteiger partial charge in [0.25, 0.3) is 0 Å². The van der Waals surface area contributed by atoms with Crippen molar-refractivity contribution in [3.05, 3.63) is 35.9 Å². The van der Waals surface area contributed by atoms with E-state index in [9.17, 15) is 14.7 Å². The first-order valence-corrected chi connectivity index (χ1v) is 8.78. The van der Waals surface area contributed by atoms with Crippen molar-refractivity contribution in [2.24, 2.45) is 5.92 Å². The van der Waals surface area contributed by atoms with Gasteiger partial charge in [0.1, 0.15) is 6.04 Å². The topological polar surface area (TPSA) is 69.6 Å². The van der Waals surface area contributed by atoms with Crippen molar-refractivity contribution < 1.29 is 14.7 Å². The third-order valence-electron chi connectivity index (χ3n) is 4.43. The molecule has 2 N–H and O–H groups in total. The minimum atomic E-state index is -0.462. The molecule has 1 aliphatic heterocycles. The van der Waals surface area contributed by atoms with E-state index in [1.807, 2.05) is 30.3 Å². The minimum Gasteiger partial charge on any atom is -0.394 e. The quantitative estimate of drug-likeness (QED) is 0.805. The molecule has 1 fully saturated rings. The number of aliphatic hydroxyl groups excluding tert-OH is 1. The zero-order valence-corrected chi connectivity index (χ0v) is 14.6. The fourth-order valence-electron chi connectivity index (χ4n) is 3.17. The molecule has 24 heavy (non-hydrogen) atoms. The Hall–Kier alpha value is -1.88. The first kappa shape index (κ1) is 18.5. The molecule has 1 saturated heterocycles. The molecule has 2 atom stereocenters. The summed E-state index contributed by atoms with van der Waals surface area (Å²) in [6.45, 7) is 4.57. The molecule has 0 aromatic heterocycles. The van der Waals surface area contributed by atoms with Gasteiger partial charge in [0.2, 0.25) is 11.8 Å². The second kappa shape index (κ2) is 8.83. The number of hydrogen-bond acceptors (Lipinski definition) is 3. The molecule has 5 heteroatoms. The molecule has 1 aliphatic rings. The van der Waals surface area contributed by atoms with Crippen molar-refractivity contribution in [1.29, 1.82) is 0 Å². The molecule has 1 unspecified atom stereocenters. The SMILES string of the molecule is CC(C)CC(C(=O)N[C@H](CO)c1ccccc1)N1CCCCC1=O. The highest BCUT2D eigenvalue weighted by Gasteiger charge is 2.32. The van der Waals surface area contributed by atoms with Gasteiger partial charge in [-0.25, -0.2) is 0 Å². The lowest BCUT2D eigenvalue weighted by molar-refractivity contribution is -0.143. The molecule has 132 valence electrons. The number of amides is 2. The highest BCUT2D eigenvalue weighted by molar-refractivity contribution is 5.88. The third kappa shape index (κ3) is 4.81. The van der Waals surface area contributed by atoms with Crippen LogP contribution in [0, 0.1) is 5.92 Å². The summed E-state index contributed by atoms with van der Waals surface area (Å²) in [6, 6.07) is 8.50. The molecule has 2 amide bonds. The van der Waals surface area contributed by atoms with E-state index >= 15 is 0 Å². The molecule has 0 bridgehead atoms. The normalized spacial score (nSPS) is 17.7. The van der Waals surface area contributed by atoms with Crippen LogP contribution in [-0.2, 0) is 9.59 Å². The van der Waals surface area contributed by atoms with Crippen LogP contribution in [0.2, 0.25) is 0 Å². The second-order valence-electron chi connectivity index (χ2n) is 6.84. The Morgan fingerprint density at radius 1 is 1.25 bits per heavy atom. The summed E-state index contributed by atoms with van der Waals surface area (Å²) in [4.78, 5) is 26.8. The number of rotatable bonds is 7. The smallest absolute Gasteiger partial charge is 0.243 e. The Kier molecular flexibility index (Phi) is 6.79. The van der Waals surface area contributed by atoms with Gasteiger partial charge < -0.3 is 15.3 Å². The van der Waals surface area contributed by atoms with Crippen molar-refractivity contribution in [1.82, 2.24) is 10.2 Å². The van der Waals surface area contributed by atoms with Crippen LogP contribution in [0.15, 0.2) is 30.3 Å². The van der Waals surface area contributed by atoms with E-state index in [4.69, 9.17) is 0 Å². The first-order chi connectivity index (χ1) is 11.5. The van der Waals surface area contributed by atoms with Gasteiger partial charge in [0.15, 0.2) is 0 Å². The van der Waals surface area contributed by atoms with Crippen LogP contribution in [-0.4, -0.2) is 41.0 Å². The first-order valence-electron chi connectivity index (χ1n) is 8.78. The molecule has 2 rings (SSSR count). The van der Waals surface area contributed by atoms with Crippen molar-refractivity contribution in [3.8, 4) is 0 Å². The highest BCUT2D eigenvalue weighted by atomic mass is 16.3. The summed E-state index contributed by atoms with van der Waals surface area (Å²) >= 11 is 0. The van der Waals surface area contributed by atoms with Crippen LogP contribution in [0.4, 0.5) is 0 Å². The second-order valence-corrected chi connectivity index (χ2v) is 6.84. The highest BCUT2D eigenvalue weighted by Crippen LogP contribution is 2.20. The number of aliphatic hydroxyl groups is 1. The summed E-state index contributed by atoms with van der Waals surface area (Å²) in [5.41, 5.74) is 0.863. The molecular weight excluding hydrogens is 304 g/mol. The van der Waals surface area contributed by atoms with Crippen LogP contribution >= 0.6 is 0 Å². The molecule has 0 aliphatic carbocycles. The van der Waals surface area contributed by atoms with E-state index in [2.05, 4.69) is 19.2 Å². The van der Waals surface area contributed by atoms with Gasteiger partial charge in [-0.15, -0.1) is 0 Å². The molecule has 1 aromatic rings. The Labute approximate surface area is 144 Å². The van der Waals surface area contributed by atoms with Crippen molar-refractivity contribution in [2.45, 2.75) is 51.6 Å². The maximum atomic E-state index is 12.9. The van der Waals surface area contributed by atoms with E-state index in [0.717, 1.165) is 18.4 Å². The monoisotopic (exact) mass is 332 g/mol. The molecule has 0 spiro atoms. The maximum Gasteiger partial charge on any atom is 0.243 e. The van der Waals surface area contributed by atoms with Crippen LogP contribution in [0.25, 0.3) is 0 Å². The number of benzene rings is 1. The summed E-state index contributed by atoms with van der Waals surface area (Å²) in [6.07, 6.45) is 2.98. The van der Waals surface area contributed by atoms with Crippen LogP contribution in [0.1, 0.15) is 51.1 Å². The lowest BCUT2D eigenvalue weighted by Gasteiger charge is -2.35. The lowest BCUT2D eigenvalue weighted by atomic mass is 9.98. The van der Waals surface area contributed by atoms with Crippen molar-refractivity contribution in [2.75, 3.05) is 13.2 Å². The molecule has 0 radical (unpaired) electrons. The largest absolute Gasteiger partial charge is 0.394 e. The zero-order chi connectivity index (χ0) is 17.5. The lowest BCUT2D eigenvalue weighted by Crippen LogP contribution is -2.52. The standard InChI is InChI=1S/C19H28N2O3/c1-14(2)12-17(21-11-7-6-10-18(21)23)19(24)20-16(13-22)15-8-4-3-5-9-15/h3-5,8-9,14,16-17,22H,6-7,10-13H2,1-2H3,(H,20,24)/t16-,17?/m1/s1. The number of carbonyl (C=O) groups is 2. The predicted octanol–water partition coefficient (Wildman–Crippen LogP) is 2.26. The predicted molar refractivity (Wildman–Crippen MR) is 93.2 cm³/mol. The van der Waals surface area contributed by atoms with Gasteiger partial charge in [-0.05, 0) is 30.7 Å². The van der Waals surface area contributed by atoms with Gasteiger partial charge in [0.05, 0.1) is 12.6 Å². The fraction of sp³-hybridized carbons (Fsp3) is 0.579. The number of hydrogen-bond donors (Lipinski definition) is 2. The number of piperidine rings is 1. The number of nitrogens with zero attached hydrogens (tertiary/aromatic N) is 1. The van der Waals surface area contributed by atoms with Gasteiger partial charge in [-0.2, -0.15) is 0 Å². The minimum absolute atomic E-state index is 0.0577. The van der Waals surface area contributed by atoms with Crippen molar-refractivity contribution in [3.63, 3.8) is 0 Å². The number of nitrogens with one attached hydrogen (secondary N) is 1. The van der Waals surface area contributed by atoms with Crippen LogP contribution in [0.3, 0.4) is 0 Å². The maximum absolute atomic E-state index is 12.9. The van der Waals surface area contributed by atoms with Crippen LogP contribution in [0.5, 0.6) is 0 Å². The number of carbonyl (C=O) groups excluding carboxylic acids is 2. The summed E-state index contributed by atoms with van der Waals surface area (Å²) in [5.74, 6) is 0.184. The van der Waals surface area contributed by atoms with E-state index in [0.29, 0.717) is 25.3 Å². The van der Waals surface area contributed by atoms with E-state index in [1.54, 1.807) is 4.90 Å². The zero-order valence-electron chi connectivity index (χ0n) is 14.6. The van der Waals surface area contributed by atoms with E-state index < -0.39 is 12.1 Å². The summed E-state index contributed by atoms with van der Waals surface area (Å²) in [7, 11) is 0. The summed E-state index contributed by atoms with van der Waals surface area (Å²) < 4.78 is 0. The third-order valence-corrected chi connectivity index (χ3v) is 4.43. The van der Waals surface area contributed by atoms with E-state index in [-0.39, 0.29) is 18.4 Å². The molecule has 1 heterocycles. The molecule has 1 aromatic carbocycles. The van der Waals surface area contributed by atoms with Crippen molar-refractivity contribution >= 4 is 11.8 Å². The Morgan fingerprint density at radius 3 is 2.54 bits per heavy atom. The average Bonchev–Trinajstić information content (AvgIpc) is 2.58. The summed E-state index contributed by atoms with van der Waals surface area (Å²) in [5, 5.41) is 12.6. The van der Waals surface area contributed by atoms with Gasteiger partial charge >= 0.3 is 0 Å². The van der Waals surface area contributed by atoms with Crippen LogP contribution < -0.4 is 5.32 Å². The molecule has 5 nitrogen and oxygen atoms in total. The Morgan fingerprint density at radius 2 is 1.96 bits per heavy atom. The average molecular weight is 332 g/mol. The van der Waals surface area contributed by atoms with E-state index in [1.165, 1.54) is 0 Å². The van der Waals surface area contributed by atoms with Gasteiger partial charge in [-0.3, -0.25) is 9.59 Å². The van der Waals surface area contributed by atoms with Gasteiger partial charge in [-0.1, -0.05) is 44.2 Å². The fourth-order valence-corrected chi connectivity index (χ4v) is 3.17.